The SMILES string of the molecule is O=C(NC1CCN2CCCC12)c1ccc(F)c(Br)c1. The van der Waals surface area contributed by atoms with Crippen LogP contribution in [0, 0.1) is 5.82 Å². The predicted molar refractivity (Wildman–Crippen MR) is 74.6 cm³/mol. The van der Waals surface area contributed by atoms with Crippen LogP contribution < -0.4 is 5.32 Å². The van der Waals surface area contributed by atoms with E-state index in [4.69, 9.17) is 0 Å². The first-order valence-corrected chi connectivity index (χ1v) is 7.44. The number of halogens is 2. The maximum atomic E-state index is 13.2. The van der Waals surface area contributed by atoms with Gasteiger partial charge in [-0.15, -0.1) is 0 Å². The zero-order valence-electron chi connectivity index (χ0n) is 10.5. The van der Waals surface area contributed by atoms with Crippen molar-refractivity contribution in [1.82, 2.24) is 10.2 Å². The fraction of sp³-hybridized carbons (Fsp3) is 0.500. The Kier molecular flexibility index (Phi) is 3.58. The van der Waals surface area contributed by atoms with Crippen LogP contribution in [0.15, 0.2) is 22.7 Å². The third-order valence-electron chi connectivity index (χ3n) is 4.10. The standard InChI is InChI=1S/C14H16BrFN2O/c15-10-8-9(3-4-11(10)16)14(19)17-12-5-7-18-6-1-2-13(12)18/h3-4,8,12-13H,1-2,5-7H2,(H,17,19). The minimum atomic E-state index is -0.348. The average molecular weight is 327 g/mol. The van der Waals surface area contributed by atoms with E-state index < -0.39 is 0 Å². The average Bonchev–Trinajstić information content (AvgIpc) is 2.97. The zero-order valence-corrected chi connectivity index (χ0v) is 12.1. The van der Waals surface area contributed by atoms with Crippen LogP contribution in [0.3, 0.4) is 0 Å². The van der Waals surface area contributed by atoms with E-state index >= 15 is 0 Å². The van der Waals surface area contributed by atoms with E-state index in [-0.39, 0.29) is 17.8 Å². The molecular weight excluding hydrogens is 311 g/mol. The summed E-state index contributed by atoms with van der Waals surface area (Å²) < 4.78 is 13.5. The lowest BCUT2D eigenvalue weighted by Gasteiger charge is -2.21. The number of carbonyl (C=O) groups excluding carboxylic acids is 1. The molecule has 1 aromatic carbocycles. The molecule has 1 aromatic rings. The van der Waals surface area contributed by atoms with Crippen molar-refractivity contribution < 1.29 is 9.18 Å². The van der Waals surface area contributed by atoms with Gasteiger partial charge in [-0.3, -0.25) is 9.69 Å². The molecule has 1 N–H and O–H groups in total. The van der Waals surface area contributed by atoms with Crippen LogP contribution in [0.5, 0.6) is 0 Å². The molecule has 19 heavy (non-hydrogen) atoms. The van der Waals surface area contributed by atoms with E-state index in [1.807, 2.05) is 0 Å². The second-order valence-electron chi connectivity index (χ2n) is 5.24. The van der Waals surface area contributed by atoms with Crippen LogP contribution in [-0.2, 0) is 0 Å². The summed E-state index contributed by atoms with van der Waals surface area (Å²) in [5, 5.41) is 3.09. The molecule has 3 nitrogen and oxygen atoms in total. The lowest BCUT2D eigenvalue weighted by atomic mass is 10.1. The highest BCUT2D eigenvalue weighted by Crippen LogP contribution is 2.28. The van der Waals surface area contributed by atoms with Crippen LogP contribution >= 0.6 is 15.9 Å². The number of fused-ring (bicyclic) bond motifs is 1. The van der Waals surface area contributed by atoms with E-state index in [1.54, 1.807) is 0 Å². The second-order valence-corrected chi connectivity index (χ2v) is 6.10. The van der Waals surface area contributed by atoms with E-state index in [1.165, 1.54) is 24.6 Å². The molecule has 0 saturated carbocycles. The monoisotopic (exact) mass is 326 g/mol. The number of rotatable bonds is 2. The minimum Gasteiger partial charge on any atom is -0.348 e. The van der Waals surface area contributed by atoms with Crippen LogP contribution in [0.1, 0.15) is 29.6 Å². The first-order valence-electron chi connectivity index (χ1n) is 6.65. The number of hydrogen-bond acceptors (Lipinski definition) is 2. The van der Waals surface area contributed by atoms with Gasteiger partial charge in [-0.05, 0) is 59.9 Å². The Hall–Kier alpha value is -0.940. The number of nitrogens with one attached hydrogen (secondary N) is 1. The summed E-state index contributed by atoms with van der Waals surface area (Å²) in [7, 11) is 0. The molecule has 2 atom stereocenters. The molecule has 3 rings (SSSR count). The van der Waals surface area contributed by atoms with Crippen molar-refractivity contribution in [3.05, 3.63) is 34.1 Å². The Morgan fingerprint density at radius 3 is 3.00 bits per heavy atom. The van der Waals surface area contributed by atoms with E-state index in [0.717, 1.165) is 25.9 Å². The van der Waals surface area contributed by atoms with Crippen molar-refractivity contribution in [2.24, 2.45) is 0 Å². The summed E-state index contributed by atoms with van der Waals surface area (Å²) in [4.78, 5) is 14.6. The van der Waals surface area contributed by atoms with E-state index in [0.29, 0.717) is 16.1 Å². The van der Waals surface area contributed by atoms with Gasteiger partial charge < -0.3 is 5.32 Å². The molecule has 1 amide bonds. The number of hydrogen-bond donors (Lipinski definition) is 1. The van der Waals surface area contributed by atoms with Crippen molar-refractivity contribution in [3.63, 3.8) is 0 Å². The molecule has 2 saturated heterocycles. The molecule has 5 heteroatoms. The zero-order chi connectivity index (χ0) is 13.4. The molecule has 2 aliphatic heterocycles. The Bertz CT molecular complexity index is 508. The highest BCUT2D eigenvalue weighted by molar-refractivity contribution is 9.10. The maximum Gasteiger partial charge on any atom is 0.251 e. The van der Waals surface area contributed by atoms with Gasteiger partial charge in [0.05, 0.1) is 4.47 Å². The van der Waals surface area contributed by atoms with Gasteiger partial charge in [-0.2, -0.15) is 0 Å². The molecule has 2 fully saturated rings. The molecule has 2 heterocycles. The molecule has 2 aliphatic rings. The van der Waals surface area contributed by atoms with Crippen molar-refractivity contribution in [3.8, 4) is 0 Å². The lowest BCUT2D eigenvalue weighted by Crippen LogP contribution is -2.42. The quantitative estimate of drug-likeness (QED) is 0.905. The molecule has 0 radical (unpaired) electrons. The van der Waals surface area contributed by atoms with Gasteiger partial charge in [0.15, 0.2) is 0 Å². The van der Waals surface area contributed by atoms with Crippen molar-refractivity contribution in [2.75, 3.05) is 13.1 Å². The molecule has 0 spiro atoms. The number of benzene rings is 1. The van der Waals surface area contributed by atoms with Gasteiger partial charge in [0.25, 0.3) is 5.91 Å². The van der Waals surface area contributed by atoms with Crippen molar-refractivity contribution in [2.45, 2.75) is 31.3 Å². The van der Waals surface area contributed by atoms with Crippen LogP contribution in [0.2, 0.25) is 0 Å². The summed E-state index contributed by atoms with van der Waals surface area (Å²) in [6.45, 7) is 2.22. The Morgan fingerprint density at radius 2 is 2.21 bits per heavy atom. The van der Waals surface area contributed by atoms with Crippen molar-refractivity contribution >= 4 is 21.8 Å². The smallest absolute Gasteiger partial charge is 0.251 e. The molecule has 0 aliphatic carbocycles. The van der Waals surface area contributed by atoms with E-state index in [9.17, 15) is 9.18 Å². The number of nitrogens with zero attached hydrogens (tertiary/aromatic N) is 1. The Labute approximate surface area is 120 Å². The normalized spacial score (nSPS) is 26.4. The highest BCUT2D eigenvalue weighted by atomic mass is 79.9. The summed E-state index contributed by atoms with van der Waals surface area (Å²) >= 11 is 3.11. The van der Waals surface area contributed by atoms with Gasteiger partial charge in [0.2, 0.25) is 0 Å². The van der Waals surface area contributed by atoms with Crippen LogP contribution in [0.4, 0.5) is 4.39 Å². The lowest BCUT2D eigenvalue weighted by molar-refractivity contribution is 0.0929. The molecular formula is C14H16BrFN2O. The van der Waals surface area contributed by atoms with Crippen LogP contribution in [0.25, 0.3) is 0 Å². The van der Waals surface area contributed by atoms with Gasteiger partial charge in [-0.1, -0.05) is 0 Å². The Balaban J connectivity index is 1.69. The van der Waals surface area contributed by atoms with Crippen molar-refractivity contribution in [1.29, 1.82) is 0 Å². The summed E-state index contributed by atoms with van der Waals surface area (Å²) in [5.74, 6) is -0.459. The van der Waals surface area contributed by atoms with Crippen LogP contribution in [-0.4, -0.2) is 36.0 Å². The van der Waals surface area contributed by atoms with Gasteiger partial charge in [0.1, 0.15) is 5.82 Å². The van der Waals surface area contributed by atoms with Gasteiger partial charge >= 0.3 is 0 Å². The fourth-order valence-corrected chi connectivity index (χ4v) is 3.52. The molecule has 102 valence electrons. The predicted octanol–water partition coefficient (Wildman–Crippen LogP) is 2.55. The summed E-state index contributed by atoms with van der Waals surface area (Å²) in [5.41, 5.74) is 0.504. The Morgan fingerprint density at radius 1 is 1.37 bits per heavy atom. The van der Waals surface area contributed by atoms with E-state index in [2.05, 4.69) is 26.1 Å². The first-order chi connectivity index (χ1) is 9.15. The van der Waals surface area contributed by atoms with Gasteiger partial charge in [0, 0.05) is 24.2 Å². The fourth-order valence-electron chi connectivity index (χ4n) is 3.14. The first kappa shape index (κ1) is 13.1. The number of carbonyl (C=O) groups is 1. The summed E-state index contributed by atoms with van der Waals surface area (Å²) in [6, 6.07) is 5.10. The molecule has 0 bridgehead atoms. The number of amides is 1. The molecule has 0 aromatic heterocycles. The van der Waals surface area contributed by atoms with Gasteiger partial charge in [-0.25, -0.2) is 4.39 Å². The second kappa shape index (κ2) is 5.21. The highest BCUT2D eigenvalue weighted by Gasteiger charge is 2.37. The minimum absolute atomic E-state index is 0.112. The maximum absolute atomic E-state index is 13.2. The topological polar surface area (TPSA) is 32.3 Å². The third-order valence-corrected chi connectivity index (χ3v) is 4.71. The largest absolute Gasteiger partial charge is 0.348 e. The summed E-state index contributed by atoms with van der Waals surface area (Å²) in [6.07, 6.45) is 3.40. The molecule has 2 unspecified atom stereocenters. The third kappa shape index (κ3) is 2.54.